The zero-order valence-electron chi connectivity index (χ0n) is 14.3. The molecule has 2 rings (SSSR count). The third-order valence-electron chi connectivity index (χ3n) is 3.26. The maximum Gasteiger partial charge on any atom is 0.326 e. The Bertz CT molecular complexity index is 795. The summed E-state index contributed by atoms with van der Waals surface area (Å²) in [6.45, 7) is 1.52. The van der Waals surface area contributed by atoms with E-state index in [4.69, 9.17) is 20.6 Å². The summed E-state index contributed by atoms with van der Waals surface area (Å²) in [5, 5.41) is -0.518. The van der Waals surface area contributed by atoms with Gasteiger partial charge in [-0.1, -0.05) is 12.0 Å². The summed E-state index contributed by atoms with van der Waals surface area (Å²) >= 11 is 0.760. The van der Waals surface area contributed by atoms with Crippen molar-refractivity contribution >= 4 is 35.0 Å². The van der Waals surface area contributed by atoms with Crippen LogP contribution < -0.4 is 9.47 Å². The SMILES string of the molecule is C#CCOc1ccc(/C=C2/SC(=O)N(CC(=O)OCC)C2=O)cc1OC. The van der Waals surface area contributed by atoms with Crippen LogP contribution in [0.2, 0.25) is 0 Å². The number of ether oxygens (including phenoxy) is 3. The van der Waals surface area contributed by atoms with Gasteiger partial charge in [0.15, 0.2) is 11.5 Å². The minimum absolute atomic E-state index is 0.0997. The van der Waals surface area contributed by atoms with Crippen molar-refractivity contribution in [1.82, 2.24) is 4.90 Å². The van der Waals surface area contributed by atoms with Crippen LogP contribution >= 0.6 is 11.8 Å². The van der Waals surface area contributed by atoms with Crippen molar-refractivity contribution < 1.29 is 28.6 Å². The van der Waals surface area contributed by atoms with Gasteiger partial charge in [-0.15, -0.1) is 6.42 Å². The monoisotopic (exact) mass is 375 g/mol. The van der Waals surface area contributed by atoms with E-state index in [0.29, 0.717) is 17.1 Å². The van der Waals surface area contributed by atoms with Gasteiger partial charge in [-0.3, -0.25) is 19.3 Å². The first-order valence-electron chi connectivity index (χ1n) is 7.65. The van der Waals surface area contributed by atoms with Crippen molar-refractivity contribution in [1.29, 1.82) is 0 Å². The van der Waals surface area contributed by atoms with E-state index in [2.05, 4.69) is 5.92 Å². The fraction of sp³-hybridized carbons (Fsp3) is 0.278. The van der Waals surface area contributed by atoms with Gasteiger partial charge in [0, 0.05) is 0 Å². The predicted molar refractivity (Wildman–Crippen MR) is 96.6 cm³/mol. The smallest absolute Gasteiger partial charge is 0.326 e. The molecule has 1 heterocycles. The molecule has 1 aromatic carbocycles. The first kappa shape index (κ1) is 19.4. The third-order valence-corrected chi connectivity index (χ3v) is 4.17. The molecule has 1 fully saturated rings. The largest absolute Gasteiger partial charge is 0.493 e. The summed E-state index contributed by atoms with van der Waals surface area (Å²) < 4.78 is 15.4. The van der Waals surface area contributed by atoms with E-state index in [0.717, 1.165) is 16.7 Å². The number of hydrogen-bond donors (Lipinski definition) is 0. The fourth-order valence-corrected chi connectivity index (χ4v) is 2.97. The van der Waals surface area contributed by atoms with E-state index in [9.17, 15) is 14.4 Å². The molecule has 1 saturated heterocycles. The van der Waals surface area contributed by atoms with Crippen LogP contribution in [0.15, 0.2) is 23.1 Å². The van der Waals surface area contributed by atoms with Gasteiger partial charge in [0.2, 0.25) is 0 Å². The summed E-state index contributed by atoms with van der Waals surface area (Å²) in [6, 6.07) is 5.02. The Morgan fingerprint density at radius 2 is 2.12 bits per heavy atom. The van der Waals surface area contributed by atoms with E-state index < -0.39 is 23.7 Å². The number of nitrogens with zero attached hydrogens (tertiary/aromatic N) is 1. The number of esters is 1. The Kier molecular flexibility index (Phi) is 6.69. The highest BCUT2D eigenvalue weighted by atomic mass is 32.2. The summed E-state index contributed by atoms with van der Waals surface area (Å²) in [5.41, 5.74) is 0.636. The number of terminal acetylenes is 1. The number of benzene rings is 1. The van der Waals surface area contributed by atoms with Crippen molar-refractivity contribution in [2.75, 3.05) is 26.9 Å². The molecule has 0 N–H and O–H groups in total. The summed E-state index contributed by atoms with van der Waals surface area (Å²) in [5.74, 6) is 2.10. The van der Waals surface area contributed by atoms with E-state index in [-0.39, 0.29) is 18.1 Å². The zero-order chi connectivity index (χ0) is 19.1. The van der Waals surface area contributed by atoms with Crippen molar-refractivity contribution in [2.24, 2.45) is 0 Å². The lowest BCUT2D eigenvalue weighted by molar-refractivity contribution is -0.145. The van der Waals surface area contributed by atoms with Gasteiger partial charge < -0.3 is 14.2 Å². The molecule has 0 spiro atoms. The molecule has 2 amide bonds. The number of rotatable bonds is 7. The Morgan fingerprint density at radius 3 is 2.77 bits per heavy atom. The Hall–Kier alpha value is -2.92. The molecule has 0 bridgehead atoms. The molecule has 8 heteroatoms. The van der Waals surface area contributed by atoms with Crippen LogP contribution in [0, 0.1) is 12.3 Å². The van der Waals surface area contributed by atoms with Gasteiger partial charge in [-0.25, -0.2) is 0 Å². The van der Waals surface area contributed by atoms with E-state index in [1.807, 2.05) is 0 Å². The van der Waals surface area contributed by atoms with Crippen LogP contribution in [0.5, 0.6) is 11.5 Å². The van der Waals surface area contributed by atoms with Gasteiger partial charge in [0.1, 0.15) is 13.2 Å². The van der Waals surface area contributed by atoms with Crippen LogP contribution in [0.3, 0.4) is 0 Å². The zero-order valence-corrected chi connectivity index (χ0v) is 15.1. The second-order valence-corrected chi connectivity index (χ2v) is 5.97. The van der Waals surface area contributed by atoms with Crippen molar-refractivity contribution in [3.63, 3.8) is 0 Å². The minimum atomic E-state index is -0.632. The highest BCUT2D eigenvalue weighted by Gasteiger charge is 2.36. The average Bonchev–Trinajstić information content (AvgIpc) is 2.88. The van der Waals surface area contributed by atoms with Crippen LogP contribution in [-0.2, 0) is 14.3 Å². The first-order valence-corrected chi connectivity index (χ1v) is 8.47. The molecule has 26 heavy (non-hydrogen) atoms. The Morgan fingerprint density at radius 1 is 1.35 bits per heavy atom. The number of methoxy groups -OCH3 is 1. The quantitative estimate of drug-likeness (QED) is 0.411. The maximum absolute atomic E-state index is 12.4. The van der Waals surface area contributed by atoms with Crippen LogP contribution in [0.1, 0.15) is 12.5 Å². The summed E-state index contributed by atoms with van der Waals surface area (Å²) in [6.07, 6.45) is 6.71. The molecule has 1 aliphatic rings. The minimum Gasteiger partial charge on any atom is -0.493 e. The maximum atomic E-state index is 12.4. The van der Waals surface area contributed by atoms with E-state index in [1.165, 1.54) is 7.11 Å². The molecular formula is C18H17NO6S. The van der Waals surface area contributed by atoms with E-state index in [1.54, 1.807) is 31.2 Å². The molecular weight excluding hydrogens is 358 g/mol. The van der Waals surface area contributed by atoms with Crippen LogP contribution in [-0.4, -0.2) is 48.9 Å². The lowest BCUT2D eigenvalue weighted by Gasteiger charge is -2.11. The van der Waals surface area contributed by atoms with Crippen molar-refractivity contribution in [2.45, 2.75) is 6.92 Å². The average molecular weight is 375 g/mol. The van der Waals surface area contributed by atoms with Crippen molar-refractivity contribution in [3.8, 4) is 23.8 Å². The van der Waals surface area contributed by atoms with Gasteiger partial charge in [-0.2, -0.15) is 0 Å². The standard InChI is InChI=1S/C18H17NO6S/c1-4-8-25-13-7-6-12(9-14(13)23-3)10-15-17(21)19(18(22)26-15)11-16(20)24-5-2/h1,6-7,9-10H,5,8,11H2,2-3H3/b15-10+. The lowest BCUT2D eigenvalue weighted by atomic mass is 10.2. The number of thioether (sulfide) groups is 1. The molecule has 0 unspecified atom stereocenters. The third kappa shape index (κ3) is 4.58. The normalized spacial score (nSPS) is 15.1. The number of carbonyl (C=O) groups excluding carboxylic acids is 3. The van der Waals surface area contributed by atoms with Crippen LogP contribution in [0.25, 0.3) is 6.08 Å². The fourth-order valence-electron chi connectivity index (χ4n) is 2.14. The lowest BCUT2D eigenvalue weighted by Crippen LogP contribution is -2.34. The topological polar surface area (TPSA) is 82.1 Å². The molecule has 136 valence electrons. The first-order chi connectivity index (χ1) is 12.5. The molecule has 0 radical (unpaired) electrons. The number of imide groups is 1. The highest BCUT2D eigenvalue weighted by Crippen LogP contribution is 2.34. The molecule has 0 atom stereocenters. The van der Waals surface area contributed by atoms with Gasteiger partial charge >= 0.3 is 5.97 Å². The second-order valence-electron chi connectivity index (χ2n) is 4.98. The Balaban J connectivity index is 2.19. The molecule has 7 nitrogen and oxygen atoms in total. The number of carbonyl (C=O) groups is 3. The van der Waals surface area contributed by atoms with Crippen molar-refractivity contribution in [3.05, 3.63) is 28.7 Å². The highest BCUT2D eigenvalue weighted by molar-refractivity contribution is 8.18. The van der Waals surface area contributed by atoms with Crippen LogP contribution in [0.4, 0.5) is 4.79 Å². The Labute approximate surface area is 155 Å². The summed E-state index contributed by atoms with van der Waals surface area (Å²) in [4.78, 5) is 36.9. The molecule has 1 aromatic rings. The van der Waals surface area contributed by atoms with Gasteiger partial charge in [0.25, 0.3) is 11.1 Å². The molecule has 0 aliphatic carbocycles. The molecule has 0 aromatic heterocycles. The second kappa shape index (κ2) is 8.97. The van der Waals surface area contributed by atoms with Gasteiger partial charge in [0.05, 0.1) is 18.6 Å². The number of amides is 2. The summed E-state index contributed by atoms with van der Waals surface area (Å²) in [7, 11) is 1.48. The predicted octanol–water partition coefficient (Wildman–Crippen LogP) is 2.31. The van der Waals surface area contributed by atoms with Gasteiger partial charge in [-0.05, 0) is 42.5 Å². The van der Waals surface area contributed by atoms with E-state index >= 15 is 0 Å². The number of hydrogen-bond acceptors (Lipinski definition) is 7. The molecule has 0 saturated carbocycles. The molecule has 1 aliphatic heterocycles.